The van der Waals surface area contributed by atoms with Crippen LogP contribution in [0.25, 0.3) is 0 Å². The summed E-state index contributed by atoms with van der Waals surface area (Å²) in [7, 11) is 0. The second-order valence-corrected chi connectivity index (χ2v) is 2.03. The predicted octanol–water partition coefficient (Wildman–Crippen LogP) is 2.45. The second kappa shape index (κ2) is 1.99. The van der Waals surface area contributed by atoms with Crippen molar-refractivity contribution in [3.63, 3.8) is 0 Å². The van der Waals surface area contributed by atoms with Crippen LogP contribution in [0.4, 0.5) is 0 Å². The molecule has 8 heavy (non-hydrogen) atoms. The zero-order chi connectivity index (χ0) is 5.98. The fourth-order valence-electron chi connectivity index (χ4n) is 0.790. The van der Waals surface area contributed by atoms with Crippen molar-refractivity contribution in [3.8, 4) is 0 Å². The third-order valence-corrected chi connectivity index (χ3v) is 1.47. The summed E-state index contributed by atoms with van der Waals surface area (Å²) < 4.78 is 0. The lowest BCUT2D eigenvalue weighted by atomic mass is 9.87. The standard InChI is InChI=1S/C8H10/c1-3-4-8-6-5-7(8)2/h3-4H,1-2,5-6H2/b8-4-. The first-order valence-corrected chi connectivity index (χ1v) is 2.84. The molecule has 0 aromatic rings. The second-order valence-electron chi connectivity index (χ2n) is 2.03. The molecule has 1 aliphatic rings. The Bertz CT molecular complexity index is 149. The summed E-state index contributed by atoms with van der Waals surface area (Å²) in [5, 5.41) is 0. The lowest BCUT2D eigenvalue weighted by Crippen LogP contribution is -1.99. The maximum Gasteiger partial charge on any atom is -0.0236 e. The normalized spacial score (nSPS) is 23.0. The van der Waals surface area contributed by atoms with Crippen LogP contribution in [0, 0.1) is 0 Å². The molecular weight excluding hydrogens is 96.1 g/mol. The number of hydrogen-bond acceptors (Lipinski definition) is 0. The molecule has 0 heterocycles. The fourth-order valence-corrected chi connectivity index (χ4v) is 0.790. The minimum Gasteiger partial charge on any atom is -0.0991 e. The van der Waals surface area contributed by atoms with Gasteiger partial charge in [-0.25, -0.2) is 0 Å². The van der Waals surface area contributed by atoms with Crippen molar-refractivity contribution in [2.75, 3.05) is 0 Å². The number of hydrogen-bond donors (Lipinski definition) is 0. The minimum absolute atomic E-state index is 1.18. The van der Waals surface area contributed by atoms with Gasteiger partial charge >= 0.3 is 0 Å². The molecule has 1 aliphatic carbocycles. The molecule has 42 valence electrons. The Balaban J connectivity index is 2.60. The van der Waals surface area contributed by atoms with E-state index < -0.39 is 0 Å². The van der Waals surface area contributed by atoms with Crippen molar-refractivity contribution >= 4 is 0 Å². The van der Waals surface area contributed by atoms with Crippen molar-refractivity contribution in [2.24, 2.45) is 0 Å². The van der Waals surface area contributed by atoms with E-state index in [4.69, 9.17) is 0 Å². The van der Waals surface area contributed by atoms with E-state index in [1.165, 1.54) is 24.0 Å². The molecule has 0 nitrogen and oxygen atoms in total. The molecule has 1 rings (SSSR count). The molecule has 0 radical (unpaired) electrons. The van der Waals surface area contributed by atoms with Gasteiger partial charge in [-0.1, -0.05) is 30.9 Å². The SMILES string of the molecule is C=C/C=C1/CCC1=C. The third kappa shape index (κ3) is 0.738. The first kappa shape index (κ1) is 5.36. The summed E-state index contributed by atoms with van der Waals surface area (Å²) in [6, 6.07) is 0. The molecule has 0 aromatic carbocycles. The Morgan fingerprint density at radius 2 is 2.12 bits per heavy atom. The number of rotatable bonds is 1. The Morgan fingerprint density at radius 3 is 2.25 bits per heavy atom. The maximum absolute atomic E-state index is 3.84. The van der Waals surface area contributed by atoms with E-state index in [-0.39, 0.29) is 0 Å². The zero-order valence-corrected chi connectivity index (χ0v) is 4.98. The van der Waals surface area contributed by atoms with Crippen molar-refractivity contribution in [1.29, 1.82) is 0 Å². The van der Waals surface area contributed by atoms with Gasteiger partial charge in [0.05, 0.1) is 0 Å². The summed E-state index contributed by atoms with van der Waals surface area (Å²) in [6.07, 6.45) is 6.23. The Labute approximate surface area is 50.2 Å². The number of allylic oxidation sites excluding steroid dienone is 4. The summed E-state index contributed by atoms with van der Waals surface area (Å²) in [4.78, 5) is 0. The molecule has 0 unspecified atom stereocenters. The summed E-state index contributed by atoms with van der Waals surface area (Å²) >= 11 is 0. The minimum atomic E-state index is 1.18. The fraction of sp³-hybridized carbons (Fsp3) is 0.250. The Morgan fingerprint density at radius 1 is 1.38 bits per heavy atom. The largest absolute Gasteiger partial charge is 0.0991 e. The molecular formula is C8H10. The van der Waals surface area contributed by atoms with E-state index in [1.54, 1.807) is 0 Å². The predicted molar refractivity (Wildman–Crippen MR) is 36.7 cm³/mol. The molecule has 0 atom stereocenters. The van der Waals surface area contributed by atoms with Gasteiger partial charge < -0.3 is 0 Å². The van der Waals surface area contributed by atoms with Gasteiger partial charge in [0.1, 0.15) is 0 Å². The van der Waals surface area contributed by atoms with E-state index in [0.29, 0.717) is 0 Å². The van der Waals surface area contributed by atoms with Gasteiger partial charge in [-0.2, -0.15) is 0 Å². The molecule has 0 aliphatic heterocycles. The van der Waals surface area contributed by atoms with Crippen molar-refractivity contribution < 1.29 is 0 Å². The maximum atomic E-state index is 3.84. The van der Waals surface area contributed by atoms with Crippen LogP contribution < -0.4 is 0 Å². The van der Waals surface area contributed by atoms with Crippen LogP contribution in [0.3, 0.4) is 0 Å². The highest BCUT2D eigenvalue weighted by molar-refractivity contribution is 5.39. The molecule has 0 aromatic heterocycles. The van der Waals surface area contributed by atoms with Crippen LogP contribution in [-0.4, -0.2) is 0 Å². The molecule has 0 amide bonds. The van der Waals surface area contributed by atoms with E-state index in [0.717, 1.165) is 0 Å². The smallest absolute Gasteiger partial charge is 0.0236 e. The van der Waals surface area contributed by atoms with Crippen molar-refractivity contribution in [1.82, 2.24) is 0 Å². The van der Waals surface area contributed by atoms with Gasteiger partial charge in [0.25, 0.3) is 0 Å². The lowest BCUT2D eigenvalue weighted by molar-refractivity contribution is 0.829. The molecule has 0 heteroatoms. The first-order chi connectivity index (χ1) is 3.84. The monoisotopic (exact) mass is 106 g/mol. The van der Waals surface area contributed by atoms with Gasteiger partial charge in [-0.05, 0) is 18.4 Å². The van der Waals surface area contributed by atoms with Gasteiger partial charge in [0.2, 0.25) is 0 Å². The average Bonchev–Trinajstić information content (AvgIpc) is 1.79. The highest BCUT2D eigenvalue weighted by Crippen LogP contribution is 2.30. The average molecular weight is 106 g/mol. The molecule has 0 saturated heterocycles. The highest BCUT2D eigenvalue weighted by atomic mass is 14.2. The zero-order valence-electron chi connectivity index (χ0n) is 4.98. The van der Waals surface area contributed by atoms with E-state index >= 15 is 0 Å². The van der Waals surface area contributed by atoms with Crippen LogP contribution in [0.15, 0.2) is 36.5 Å². The van der Waals surface area contributed by atoms with Crippen molar-refractivity contribution in [3.05, 3.63) is 36.5 Å². The molecule has 0 N–H and O–H groups in total. The van der Waals surface area contributed by atoms with E-state index in [2.05, 4.69) is 13.2 Å². The lowest BCUT2D eigenvalue weighted by Gasteiger charge is -2.18. The van der Waals surface area contributed by atoms with Gasteiger partial charge in [0, 0.05) is 0 Å². The van der Waals surface area contributed by atoms with Crippen LogP contribution in [0.1, 0.15) is 12.8 Å². The van der Waals surface area contributed by atoms with Gasteiger partial charge in [-0.15, -0.1) is 0 Å². The van der Waals surface area contributed by atoms with Crippen LogP contribution in [0.2, 0.25) is 0 Å². The van der Waals surface area contributed by atoms with Gasteiger partial charge in [-0.3, -0.25) is 0 Å². The van der Waals surface area contributed by atoms with Crippen LogP contribution in [0.5, 0.6) is 0 Å². The highest BCUT2D eigenvalue weighted by Gasteiger charge is 2.11. The Kier molecular flexibility index (Phi) is 1.34. The van der Waals surface area contributed by atoms with Crippen LogP contribution >= 0.6 is 0 Å². The summed E-state index contributed by atoms with van der Waals surface area (Å²) in [5.74, 6) is 0. The Hall–Kier alpha value is -0.780. The quantitative estimate of drug-likeness (QED) is 0.481. The summed E-state index contributed by atoms with van der Waals surface area (Å²) in [6.45, 7) is 7.44. The van der Waals surface area contributed by atoms with Crippen LogP contribution in [-0.2, 0) is 0 Å². The third-order valence-electron chi connectivity index (χ3n) is 1.47. The molecule has 0 bridgehead atoms. The summed E-state index contributed by atoms with van der Waals surface area (Å²) in [5.41, 5.74) is 2.66. The van der Waals surface area contributed by atoms with Crippen molar-refractivity contribution in [2.45, 2.75) is 12.8 Å². The molecule has 1 fully saturated rings. The van der Waals surface area contributed by atoms with E-state index in [9.17, 15) is 0 Å². The molecule has 0 spiro atoms. The van der Waals surface area contributed by atoms with Gasteiger partial charge in [0.15, 0.2) is 0 Å². The van der Waals surface area contributed by atoms with E-state index in [1.807, 2.05) is 12.2 Å². The molecule has 1 saturated carbocycles. The first-order valence-electron chi connectivity index (χ1n) is 2.84. The topological polar surface area (TPSA) is 0 Å².